The third-order valence-electron chi connectivity index (χ3n) is 4.70. The zero-order chi connectivity index (χ0) is 26.6. The summed E-state index contributed by atoms with van der Waals surface area (Å²) in [4.78, 5) is 45.7. The standard InChI is InChI=1S/C22H15ClF3N3O7/c23-12-3-5-13(6-4-12)29-17(22(24,25)26)15(10-27-29)21(35)36-14-7-1-11(2-8-14)9-16(19(31)32)28-18(30)20(33)34/h1-8,10,16H,9H2,(H,28,30)(H,31,32)(H,33,34)/t16-/m1/s1. The molecule has 188 valence electrons. The average molecular weight is 526 g/mol. The van der Waals surface area contributed by atoms with Crippen molar-refractivity contribution < 1.29 is 47.3 Å². The highest BCUT2D eigenvalue weighted by Crippen LogP contribution is 2.34. The van der Waals surface area contributed by atoms with Crippen LogP contribution in [0, 0.1) is 0 Å². The van der Waals surface area contributed by atoms with Crippen LogP contribution < -0.4 is 10.1 Å². The SMILES string of the molecule is O=C(O)C(=O)N[C@H](Cc1ccc(OC(=O)c2cnn(-c3ccc(Cl)cc3)c2C(F)(F)F)cc1)C(=O)O. The van der Waals surface area contributed by atoms with Crippen molar-refractivity contribution in [1.29, 1.82) is 0 Å². The molecule has 0 saturated carbocycles. The number of nitrogens with one attached hydrogen (secondary N) is 1. The van der Waals surface area contributed by atoms with Gasteiger partial charge >= 0.3 is 30.0 Å². The van der Waals surface area contributed by atoms with E-state index in [1.807, 2.05) is 5.32 Å². The van der Waals surface area contributed by atoms with Crippen molar-refractivity contribution in [3.63, 3.8) is 0 Å². The normalized spacial score (nSPS) is 12.0. The number of hydrogen-bond acceptors (Lipinski definition) is 6. The molecule has 0 aliphatic rings. The Bertz CT molecular complexity index is 1310. The molecule has 2 aromatic carbocycles. The minimum atomic E-state index is -4.96. The van der Waals surface area contributed by atoms with Gasteiger partial charge in [0.2, 0.25) is 0 Å². The average Bonchev–Trinajstić information content (AvgIpc) is 3.26. The molecule has 0 saturated heterocycles. The van der Waals surface area contributed by atoms with Crippen molar-refractivity contribution in [2.24, 2.45) is 0 Å². The van der Waals surface area contributed by atoms with Gasteiger partial charge in [-0.25, -0.2) is 19.1 Å². The molecule has 3 aromatic rings. The van der Waals surface area contributed by atoms with E-state index in [0.29, 0.717) is 15.3 Å². The van der Waals surface area contributed by atoms with Gasteiger partial charge in [0, 0.05) is 11.4 Å². The predicted molar refractivity (Wildman–Crippen MR) is 116 cm³/mol. The number of carbonyl (C=O) groups excluding carboxylic acids is 2. The lowest BCUT2D eigenvalue weighted by Gasteiger charge is -2.14. The van der Waals surface area contributed by atoms with Crippen molar-refractivity contribution in [1.82, 2.24) is 15.1 Å². The number of hydrogen-bond donors (Lipinski definition) is 3. The molecule has 0 bridgehead atoms. The number of rotatable bonds is 7. The summed E-state index contributed by atoms with van der Waals surface area (Å²) in [5, 5.41) is 23.6. The molecule has 14 heteroatoms. The molecule has 0 spiro atoms. The van der Waals surface area contributed by atoms with E-state index in [4.69, 9.17) is 21.4 Å². The van der Waals surface area contributed by atoms with E-state index in [2.05, 4.69) is 5.10 Å². The second-order valence-electron chi connectivity index (χ2n) is 7.20. The van der Waals surface area contributed by atoms with E-state index in [0.717, 1.165) is 6.20 Å². The smallest absolute Gasteiger partial charge is 0.434 e. The number of amides is 1. The zero-order valence-electron chi connectivity index (χ0n) is 17.8. The molecule has 0 aliphatic carbocycles. The molecular weight excluding hydrogens is 511 g/mol. The number of halogens is 4. The van der Waals surface area contributed by atoms with Gasteiger partial charge in [0.05, 0.1) is 11.9 Å². The maximum absolute atomic E-state index is 13.8. The lowest BCUT2D eigenvalue weighted by Crippen LogP contribution is -2.45. The molecule has 1 heterocycles. The number of esters is 1. The Hall–Kier alpha value is -4.39. The maximum atomic E-state index is 13.8. The number of aliphatic carboxylic acids is 2. The van der Waals surface area contributed by atoms with Crippen molar-refractivity contribution in [2.75, 3.05) is 0 Å². The Morgan fingerprint density at radius 1 is 1.03 bits per heavy atom. The quantitative estimate of drug-likeness (QED) is 0.242. The number of aromatic nitrogens is 2. The Morgan fingerprint density at radius 2 is 1.64 bits per heavy atom. The van der Waals surface area contributed by atoms with E-state index >= 15 is 0 Å². The lowest BCUT2D eigenvalue weighted by atomic mass is 10.1. The van der Waals surface area contributed by atoms with Crippen LogP contribution in [0.1, 0.15) is 21.6 Å². The fourth-order valence-electron chi connectivity index (χ4n) is 3.06. The van der Waals surface area contributed by atoms with E-state index in [-0.39, 0.29) is 17.9 Å². The lowest BCUT2D eigenvalue weighted by molar-refractivity contribution is -0.152. The Morgan fingerprint density at radius 3 is 2.17 bits per heavy atom. The van der Waals surface area contributed by atoms with Gasteiger partial charge in [-0.1, -0.05) is 23.7 Å². The van der Waals surface area contributed by atoms with Crippen LogP contribution in [0.15, 0.2) is 54.7 Å². The molecule has 0 unspecified atom stereocenters. The Balaban J connectivity index is 1.79. The second-order valence-corrected chi connectivity index (χ2v) is 7.64. The highest BCUT2D eigenvalue weighted by molar-refractivity contribution is 6.32. The van der Waals surface area contributed by atoms with Gasteiger partial charge < -0.3 is 20.3 Å². The topological polar surface area (TPSA) is 148 Å². The first kappa shape index (κ1) is 26.2. The molecule has 3 rings (SSSR count). The minimum Gasteiger partial charge on any atom is -0.480 e. The largest absolute Gasteiger partial charge is 0.480 e. The minimum absolute atomic E-state index is 0.0121. The third-order valence-corrected chi connectivity index (χ3v) is 4.95. The summed E-state index contributed by atoms with van der Waals surface area (Å²) in [7, 11) is 0. The Kier molecular flexibility index (Phi) is 7.63. The zero-order valence-corrected chi connectivity index (χ0v) is 18.6. The molecule has 3 N–H and O–H groups in total. The van der Waals surface area contributed by atoms with E-state index in [1.165, 1.54) is 48.5 Å². The molecular formula is C22H15ClF3N3O7. The predicted octanol–water partition coefficient (Wildman–Crippen LogP) is 2.96. The number of carboxylic acid groups (broad SMARTS) is 2. The van der Waals surface area contributed by atoms with Crippen molar-refractivity contribution >= 4 is 35.4 Å². The van der Waals surface area contributed by atoms with Crippen molar-refractivity contribution in [3.05, 3.63) is 76.6 Å². The molecule has 10 nitrogen and oxygen atoms in total. The first-order valence-corrected chi connectivity index (χ1v) is 10.2. The van der Waals surface area contributed by atoms with Gasteiger partial charge in [-0.15, -0.1) is 0 Å². The molecule has 1 atom stereocenters. The van der Waals surface area contributed by atoms with Crippen LogP contribution in [0.5, 0.6) is 5.75 Å². The highest BCUT2D eigenvalue weighted by atomic mass is 35.5. The van der Waals surface area contributed by atoms with Crippen molar-refractivity contribution in [2.45, 2.75) is 18.6 Å². The second kappa shape index (κ2) is 10.5. The van der Waals surface area contributed by atoms with Gasteiger partial charge in [-0.05, 0) is 42.0 Å². The third kappa shape index (κ3) is 6.18. The molecule has 0 fully saturated rings. The fourth-order valence-corrected chi connectivity index (χ4v) is 3.19. The highest BCUT2D eigenvalue weighted by Gasteiger charge is 2.41. The van der Waals surface area contributed by atoms with Crippen LogP contribution in [0.4, 0.5) is 13.2 Å². The molecule has 0 radical (unpaired) electrons. The summed E-state index contributed by atoms with van der Waals surface area (Å²) in [6.45, 7) is 0. The number of ether oxygens (including phenoxy) is 1. The monoisotopic (exact) mass is 525 g/mol. The Labute approximate surface area is 204 Å². The van der Waals surface area contributed by atoms with Gasteiger partial charge in [-0.3, -0.25) is 4.79 Å². The molecule has 1 aromatic heterocycles. The summed E-state index contributed by atoms with van der Waals surface area (Å²) >= 11 is 5.77. The summed E-state index contributed by atoms with van der Waals surface area (Å²) < 4.78 is 46.9. The fraction of sp³-hybridized carbons (Fsp3) is 0.136. The maximum Gasteiger partial charge on any atom is 0.434 e. The van der Waals surface area contributed by atoms with Crippen LogP contribution in [0.3, 0.4) is 0 Å². The van der Waals surface area contributed by atoms with E-state index < -0.39 is 47.3 Å². The van der Waals surface area contributed by atoms with Gasteiger partial charge in [0.15, 0.2) is 5.69 Å². The molecule has 0 aliphatic heterocycles. The van der Waals surface area contributed by atoms with E-state index in [9.17, 15) is 37.5 Å². The number of benzene rings is 2. The summed E-state index contributed by atoms with van der Waals surface area (Å²) in [5.74, 6) is -6.35. The number of alkyl halides is 3. The molecule has 1 amide bonds. The summed E-state index contributed by atoms with van der Waals surface area (Å²) in [5.41, 5.74) is -1.88. The van der Waals surface area contributed by atoms with Crippen LogP contribution in [0.25, 0.3) is 5.69 Å². The summed E-state index contributed by atoms with van der Waals surface area (Å²) in [6, 6.07) is 8.74. The first-order chi connectivity index (χ1) is 16.9. The van der Waals surface area contributed by atoms with E-state index in [1.54, 1.807) is 0 Å². The van der Waals surface area contributed by atoms with Gasteiger partial charge in [0.25, 0.3) is 0 Å². The number of nitrogens with zero attached hydrogens (tertiary/aromatic N) is 2. The number of carbonyl (C=O) groups is 4. The summed E-state index contributed by atoms with van der Waals surface area (Å²) in [6.07, 6.45) is -4.55. The van der Waals surface area contributed by atoms with Gasteiger partial charge in [-0.2, -0.15) is 18.3 Å². The van der Waals surface area contributed by atoms with Crippen LogP contribution in [-0.2, 0) is 27.0 Å². The van der Waals surface area contributed by atoms with Crippen LogP contribution in [0.2, 0.25) is 5.02 Å². The van der Waals surface area contributed by atoms with Gasteiger partial charge in [0.1, 0.15) is 17.4 Å². The van der Waals surface area contributed by atoms with Crippen molar-refractivity contribution in [3.8, 4) is 11.4 Å². The first-order valence-electron chi connectivity index (χ1n) is 9.85. The van der Waals surface area contributed by atoms with Crippen LogP contribution >= 0.6 is 11.6 Å². The molecule has 36 heavy (non-hydrogen) atoms. The van der Waals surface area contributed by atoms with Crippen LogP contribution in [-0.4, -0.2) is 49.9 Å². The number of carboxylic acids is 2.